The molecule has 1 amide bonds. The van der Waals surface area contributed by atoms with Gasteiger partial charge in [0.05, 0.1) is 5.75 Å². The van der Waals surface area contributed by atoms with Gasteiger partial charge in [0.25, 0.3) is 16.0 Å². The van der Waals surface area contributed by atoms with Crippen molar-refractivity contribution < 1.29 is 17.8 Å². The van der Waals surface area contributed by atoms with Crippen molar-refractivity contribution >= 4 is 28.7 Å². The van der Waals surface area contributed by atoms with E-state index in [2.05, 4.69) is 48.9 Å². The molecule has 26 heavy (non-hydrogen) atoms. The summed E-state index contributed by atoms with van der Waals surface area (Å²) in [6.45, 7) is 8.07. The predicted molar refractivity (Wildman–Crippen MR) is 107 cm³/mol. The van der Waals surface area contributed by atoms with Gasteiger partial charge in [-0.2, -0.15) is 21.0 Å². The van der Waals surface area contributed by atoms with Crippen LogP contribution in [-0.4, -0.2) is 40.9 Å². The Balaban J connectivity index is 2.90. The van der Waals surface area contributed by atoms with Gasteiger partial charge in [0.15, 0.2) is 0 Å². The van der Waals surface area contributed by atoms with E-state index < -0.39 is 21.8 Å². The van der Waals surface area contributed by atoms with Crippen molar-refractivity contribution in [3.8, 4) is 0 Å². The molecule has 0 aromatic carbocycles. The summed E-state index contributed by atoms with van der Waals surface area (Å²) >= 11 is 4.67. The van der Waals surface area contributed by atoms with Crippen LogP contribution < -0.4 is 5.32 Å². The summed E-state index contributed by atoms with van der Waals surface area (Å²) in [5.41, 5.74) is 0.773. The molecule has 0 bridgehead atoms. The van der Waals surface area contributed by atoms with E-state index >= 15 is 0 Å². The molecule has 1 heterocycles. The van der Waals surface area contributed by atoms with Crippen LogP contribution in [0, 0.1) is 0 Å². The lowest BCUT2D eigenvalue weighted by Gasteiger charge is -2.25. The molecule has 146 valence electrons. The maximum atomic E-state index is 12.1. The van der Waals surface area contributed by atoms with Gasteiger partial charge in [-0.25, -0.2) is 0 Å². The SMILES string of the molecule is CCCC(C)(S)C=CC(C)(C)c1ccnc(C(=O)NCCS(=O)(=O)O)c1. The zero-order valence-electron chi connectivity index (χ0n) is 15.7. The van der Waals surface area contributed by atoms with Gasteiger partial charge in [0.1, 0.15) is 5.69 Å². The number of aromatic nitrogens is 1. The molecule has 1 aromatic heterocycles. The molecular weight excluding hydrogens is 372 g/mol. The maximum Gasteiger partial charge on any atom is 0.269 e. The Hall–Kier alpha value is -1.38. The lowest BCUT2D eigenvalue weighted by molar-refractivity contribution is 0.0951. The first-order valence-electron chi connectivity index (χ1n) is 8.49. The Kier molecular flexibility index (Phi) is 7.85. The molecule has 0 saturated heterocycles. The summed E-state index contributed by atoms with van der Waals surface area (Å²) in [6.07, 6.45) is 7.69. The van der Waals surface area contributed by atoms with Crippen molar-refractivity contribution in [2.45, 2.75) is 50.7 Å². The van der Waals surface area contributed by atoms with E-state index in [-0.39, 0.29) is 22.4 Å². The minimum Gasteiger partial charge on any atom is -0.350 e. The zero-order chi connectivity index (χ0) is 20.0. The highest BCUT2D eigenvalue weighted by molar-refractivity contribution is 7.85. The van der Waals surface area contributed by atoms with Gasteiger partial charge < -0.3 is 5.32 Å². The molecule has 0 fully saturated rings. The first-order chi connectivity index (χ1) is 11.9. The molecule has 6 nitrogen and oxygen atoms in total. The van der Waals surface area contributed by atoms with E-state index in [1.165, 1.54) is 0 Å². The maximum absolute atomic E-state index is 12.1. The van der Waals surface area contributed by atoms with E-state index in [4.69, 9.17) is 4.55 Å². The lowest BCUT2D eigenvalue weighted by atomic mass is 9.83. The number of nitrogens with zero attached hydrogens (tertiary/aromatic N) is 1. The average Bonchev–Trinajstić information content (AvgIpc) is 2.52. The van der Waals surface area contributed by atoms with Crippen LogP contribution in [-0.2, 0) is 15.5 Å². The molecule has 0 aliphatic carbocycles. The molecule has 0 spiro atoms. The molecule has 1 rings (SSSR count). The first kappa shape index (κ1) is 22.7. The van der Waals surface area contributed by atoms with Gasteiger partial charge >= 0.3 is 0 Å². The average molecular weight is 401 g/mol. The third-order valence-electron chi connectivity index (χ3n) is 4.00. The molecule has 0 aliphatic rings. The fourth-order valence-electron chi connectivity index (χ4n) is 2.41. The van der Waals surface area contributed by atoms with Crippen LogP contribution in [0.5, 0.6) is 0 Å². The summed E-state index contributed by atoms with van der Waals surface area (Å²) in [7, 11) is -4.11. The van der Waals surface area contributed by atoms with E-state index in [9.17, 15) is 13.2 Å². The molecule has 1 unspecified atom stereocenters. The summed E-state index contributed by atoms with van der Waals surface area (Å²) in [5, 5.41) is 2.44. The Morgan fingerprint density at radius 2 is 2.00 bits per heavy atom. The van der Waals surface area contributed by atoms with Crippen LogP contribution >= 0.6 is 12.6 Å². The second-order valence-electron chi connectivity index (χ2n) is 7.13. The van der Waals surface area contributed by atoms with Crippen LogP contribution in [0.1, 0.15) is 56.6 Å². The van der Waals surface area contributed by atoms with Gasteiger partial charge in [-0.15, -0.1) is 0 Å². The van der Waals surface area contributed by atoms with E-state index in [0.29, 0.717) is 0 Å². The number of carbonyl (C=O) groups is 1. The number of hydrogen-bond acceptors (Lipinski definition) is 5. The minimum absolute atomic E-state index is 0.179. The number of nitrogens with one attached hydrogen (secondary N) is 1. The molecular formula is C18H28N2O4S2. The van der Waals surface area contributed by atoms with Gasteiger partial charge in [0.2, 0.25) is 0 Å². The fraction of sp³-hybridized carbons (Fsp3) is 0.556. The summed E-state index contributed by atoms with van der Waals surface area (Å²) in [6, 6.07) is 3.53. The highest BCUT2D eigenvalue weighted by Crippen LogP contribution is 2.29. The second kappa shape index (κ2) is 9.01. The second-order valence-corrected chi connectivity index (χ2v) is 9.73. The monoisotopic (exact) mass is 400 g/mol. The Labute approximate surface area is 161 Å². The van der Waals surface area contributed by atoms with Crippen LogP contribution in [0.2, 0.25) is 0 Å². The van der Waals surface area contributed by atoms with E-state index in [1.807, 2.05) is 19.9 Å². The highest BCUT2D eigenvalue weighted by Gasteiger charge is 2.22. The largest absolute Gasteiger partial charge is 0.350 e. The summed E-state index contributed by atoms with van der Waals surface area (Å²) in [4.78, 5) is 16.2. The first-order valence-corrected chi connectivity index (χ1v) is 10.5. The zero-order valence-corrected chi connectivity index (χ0v) is 17.4. The number of carbonyl (C=O) groups excluding carboxylic acids is 1. The van der Waals surface area contributed by atoms with Crippen molar-refractivity contribution in [3.05, 3.63) is 41.7 Å². The number of pyridine rings is 1. The van der Waals surface area contributed by atoms with E-state index in [0.717, 1.165) is 18.4 Å². The number of amides is 1. The van der Waals surface area contributed by atoms with Crippen LogP contribution in [0.4, 0.5) is 0 Å². The van der Waals surface area contributed by atoms with Crippen LogP contribution in [0.15, 0.2) is 30.5 Å². The van der Waals surface area contributed by atoms with Gasteiger partial charge in [-0.1, -0.05) is 39.3 Å². The lowest BCUT2D eigenvalue weighted by Crippen LogP contribution is -2.30. The third kappa shape index (κ3) is 7.88. The minimum atomic E-state index is -4.11. The van der Waals surface area contributed by atoms with Gasteiger partial charge in [-0.05, 0) is 31.0 Å². The standard InChI is InChI=1S/C18H28N2O4S2/c1-5-7-18(4,25)9-8-17(2,3)14-6-10-19-15(13-14)16(21)20-11-12-26(22,23)24/h6,8-10,13,25H,5,7,11-12H2,1-4H3,(H,20,21)(H,22,23,24). The topological polar surface area (TPSA) is 96.4 Å². The highest BCUT2D eigenvalue weighted by atomic mass is 32.2. The number of rotatable bonds is 9. The number of hydrogen-bond donors (Lipinski definition) is 3. The van der Waals surface area contributed by atoms with Crippen molar-refractivity contribution in [1.29, 1.82) is 0 Å². The molecule has 0 aliphatic heterocycles. The summed E-state index contributed by atoms with van der Waals surface area (Å²) in [5.74, 6) is -1.02. The number of thiol groups is 1. The van der Waals surface area contributed by atoms with Gasteiger partial charge in [-0.3, -0.25) is 14.3 Å². The smallest absolute Gasteiger partial charge is 0.269 e. The van der Waals surface area contributed by atoms with Crippen LogP contribution in [0.25, 0.3) is 0 Å². The summed E-state index contributed by atoms with van der Waals surface area (Å²) < 4.78 is 29.9. The fourth-order valence-corrected chi connectivity index (χ4v) is 3.07. The van der Waals surface area contributed by atoms with Gasteiger partial charge in [0, 0.05) is 22.9 Å². The molecule has 8 heteroatoms. The Bertz CT molecular complexity index is 756. The van der Waals surface area contributed by atoms with Crippen molar-refractivity contribution in [2.24, 2.45) is 0 Å². The van der Waals surface area contributed by atoms with E-state index in [1.54, 1.807) is 12.3 Å². The molecule has 1 atom stereocenters. The molecule has 0 radical (unpaired) electrons. The van der Waals surface area contributed by atoms with Crippen molar-refractivity contribution in [1.82, 2.24) is 10.3 Å². The normalized spacial score (nSPS) is 15.0. The number of allylic oxidation sites excluding steroid dienone is 1. The molecule has 0 saturated carbocycles. The quantitative estimate of drug-likeness (QED) is 0.336. The Morgan fingerprint density at radius 3 is 2.58 bits per heavy atom. The molecule has 1 aromatic rings. The van der Waals surface area contributed by atoms with Crippen molar-refractivity contribution in [2.75, 3.05) is 12.3 Å². The van der Waals surface area contributed by atoms with Crippen LogP contribution in [0.3, 0.4) is 0 Å². The predicted octanol–water partition coefficient (Wildman–Crippen LogP) is 3.02. The third-order valence-corrected chi connectivity index (χ3v) is 5.09. The molecule has 2 N–H and O–H groups in total. The Morgan fingerprint density at radius 1 is 1.35 bits per heavy atom. The van der Waals surface area contributed by atoms with Crippen molar-refractivity contribution in [3.63, 3.8) is 0 Å².